The fraction of sp³-hybridized carbons (Fsp3) is 0.538. The Morgan fingerprint density at radius 3 is 2.54 bits per heavy atom. The molecular formula is C26H36N10O4S. The largest absolute Gasteiger partial charge is 0.528 e. The van der Waals surface area contributed by atoms with Gasteiger partial charge in [0.15, 0.2) is 10.6 Å². The Bertz CT molecular complexity index is 1420. The molecule has 5 rings (SSSR count). The van der Waals surface area contributed by atoms with E-state index in [9.17, 15) is 9.59 Å². The number of urea groups is 1. The van der Waals surface area contributed by atoms with Crippen LogP contribution in [0.2, 0.25) is 0 Å². The minimum absolute atomic E-state index is 0.00765. The van der Waals surface area contributed by atoms with Crippen LogP contribution >= 0.6 is 11.3 Å². The van der Waals surface area contributed by atoms with Crippen LogP contribution in [0.5, 0.6) is 0 Å². The van der Waals surface area contributed by atoms with E-state index in [0.717, 1.165) is 21.7 Å². The van der Waals surface area contributed by atoms with E-state index >= 15 is 0 Å². The maximum atomic E-state index is 13.2. The van der Waals surface area contributed by atoms with Gasteiger partial charge in [0.25, 0.3) is 0 Å². The van der Waals surface area contributed by atoms with Crippen molar-refractivity contribution < 1.29 is 19.2 Å². The van der Waals surface area contributed by atoms with Gasteiger partial charge in [-0.25, -0.2) is 24.5 Å². The third kappa shape index (κ3) is 6.68. The lowest BCUT2D eigenvalue weighted by Crippen LogP contribution is -2.55. The van der Waals surface area contributed by atoms with Crippen molar-refractivity contribution in [3.63, 3.8) is 0 Å². The Morgan fingerprint density at radius 2 is 1.85 bits per heavy atom. The molecule has 2 amide bonds. The van der Waals surface area contributed by atoms with Gasteiger partial charge in [-0.1, -0.05) is 0 Å². The Kier molecular flexibility index (Phi) is 8.00. The number of nitrogens with one attached hydrogen (secondary N) is 1. The van der Waals surface area contributed by atoms with E-state index in [0.29, 0.717) is 57.3 Å². The van der Waals surface area contributed by atoms with Crippen LogP contribution in [0.15, 0.2) is 17.8 Å². The normalized spacial score (nSPS) is 18.5. The van der Waals surface area contributed by atoms with Crippen LogP contribution in [0.1, 0.15) is 33.3 Å². The maximum absolute atomic E-state index is 13.2. The van der Waals surface area contributed by atoms with Gasteiger partial charge in [-0.2, -0.15) is 4.98 Å². The average Bonchev–Trinajstić information content (AvgIpc) is 3.37. The van der Waals surface area contributed by atoms with E-state index in [2.05, 4.69) is 42.0 Å². The van der Waals surface area contributed by atoms with Crippen molar-refractivity contribution in [1.29, 1.82) is 0 Å². The summed E-state index contributed by atoms with van der Waals surface area (Å²) in [6.07, 6.45) is 0.986. The highest BCUT2D eigenvalue weighted by molar-refractivity contribution is 7.16. The lowest BCUT2D eigenvalue weighted by Gasteiger charge is -2.40. The van der Waals surface area contributed by atoms with E-state index in [1.54, 1.807) is 42.4 Å². The van der Waals surface area contributed by atoms with E-state index in [1.165, 1.54) is 11.3 Å². The smallest absolute Gasteiger partial charge is 0.427 e. The van der Waals surface area contributed by atoms with E-state index in [4.69, 9.17) is 15.3 Å². The van der Waals surface area contributed by atoms with Gasteiger partial charge in [0.2, 0.25) is 5.95 Å². The Balaban J connectivity index is 1.14. The monoisotopic (exact) mass is 584 g/mol. The first-order valence-corrected chi connectivity index (χ1v) is 14.4. The number of nitrogens with two attached hydrogens (primary N) is 1. The summed E-state index contributed by atoms with van der Waals surface area (Å²) in [6.45, 7) is 13.3. The van der Waals surface area contributed by atoms with Crippen molar-refractivity contribution >= 4 is 57.1 Å². The number of hydroxylamine groups is 2. The molecule has 2 saturated heterocycles. The van der Waals surface area contributed by atoms with Gasteiger partial charge < -0.3 is 35.3 Å². The molecule has 0 aromatic carbocycles. The number of aryl methyl sites for hydroxylation is 1. The summed E-state index contributed by atoms with van der Waals surface area (Å²) in [7, 11) is 0. The molecule has 14 nitrogen and oxygen atoms in total. The first-order valence-electron chi connectivity index (χ1n) is 13.5. The molecule has 220 valence electrons. The zero-order chi connectivity index (χ0) is 29.3. The molecule has 3 aromatic heterocycles. The van der Waals surface area contributed by atoms with Crippen LogP contribution in [-0.2, 0) is 9.57 Å². The number of ether oxygens (including phenoxy) is 1. The summed E-state index contributed by atoms with van der Waals surface area (Å²) >= 11 is 1.43. The third-order valence-corrected chi connectivity index (χ3v) is 7.60. The zero-order valence-electron chi connectivity index (χ0n) is 24.0. The van der Waals surface area contributed by atoms with Crippen molar-refractivity contribution in [3.8, 4) is 0 Å². The number of carbonyl (C=O) groups excluding carboxylic acids is 2. The summed E-state index contributed by atoms with van der Waals surface area (Å²) in [5.41, 5.74) is 9.36. The number of carbonyl (C=O) groups is 2. The SMILES string of the molecule is Cc1cc(N2CCN(OC(=O)OC(C)(C)C)CC2)ncc1NC(=O)N1CCN(c2nc(N)nc3scnc23)[C@@H](C)C1. The fourth-order valence-corrected chi connectivity index (χ4v) is 5.50. The van der Waals surface area contributed by atoms with Gasteiger partial charge in [0.05, 0.1) is 30.5 Å². The van der Waals surface area contributed by atoms with Gasteiger partial charge in [-0.15, -0.1) is 16.4 Å². The predicted molar refractivity (Wildman–Crippen MR) is 157 cm³/mol. The first kappa shape index (κ1) is 28.5. The van der Waals surface area contributed by atoms with Crippen LogP contribution in [-0.4, -0.2) is 99.5 Å². The molecule has 41 heavy (non-hydrogen) atoms. The van der Waals surface area contributed by atoms with Crippen LogP contribution in [0, 0.1) is 6.92 Å². The summed E-state index contributed by atoms with van der Waals surface area (Å²) in [5, 5.41) is 4.62. The number of thiazole rings is 1. The number of piperazine rings is 2. The van der Waals surface area contributed by atoms with Crippen molar-refractivity contribution in [3.05, 3.63) is 23.3 Å². The minimum Gasteiger partial charge on any atom is -0.427 e. The third-order valence-electron chi connectivity index (χ3n) is 6.88. The fourth-order valence-electron chi connectivity index (χ4n) is 4.84. The molecule has 3 aromatic rings. The maximum Gasteiger partial charge on any atom is 0.528 e. The second kappa shape index (κ2) is 11.5. The molecular weight excluding hydrogens is 548 g/mol. The van der Waals surface area contributed by atoms with E-state index in [1.807, 2.05) is 13.0 Å². The van der Waals surface area contributed by atoms with Gasteiger partial charge in [-0.05, 0) is 46.2 Å². The standard InChI is InChI=1S/C26H36N10O4S/c1-16-12-19(33-6-9-35(10-7-33)40-25(38)39-26(3,4)5)28-13-18(16)30-24(37)34-8-11-36(17(2)14-34)21-20-22(41-15-29-20)32-23(27)31-21/h12-13,15,17H,6-11,14H2,1-5H3,(H,30,37)(H2,27,31,32)/t17-/m0/s1. The lowest BCUT2D eigenvalue weighted by atomic mass is 10.2. The molecule has 2 aliphatic rings. The number of nitrogen functional groups attached to an aromatic ring is 1. The lowest BCUT2D eigenvalue weighted by molar-refractivity contribution is -0.144. The Hall–Kier alpha value is -3.98. The molecule has 0 radical (unpaired) electrons. The van der Waals surface area contributed by atoms with Crippen LogP contribution in [0.3, 0.4) is 0 Å². The second-order valence-electron chi connectivity index (χ2n) is 11.2. The van der Waals surface area contributed by atoms with Gasteiger partial charge in [0.1, 0.15) is 16.9 Å². The van der Waals surface area contributed by atoms with Crippen molar-refractivity contribution in [1.82, 2.24) is 29.9 Å². The van der Waals surface area contributed by atoms with Crippen molar-refractivity contribution in [2.75, 3.05) is 66.7 Å². The number of pyridine rings is 1. The van der Waals surface area contributed by atoms with Crippen LogP contribution < -0.4 is 20.9 Å². The molecule has 0 bridgehead atoms. The number of nitrogens with zero attached hydrogens (tertiary/aromatic N) is 8. The highest BCUT2D eigenvalue weighted by Gasteiger charge is 2.30. The first-order chi connectivity index (χ1) is 19.5. The minimum atomic E-state index is -0.702. The molecule has 0 unspecified atom stereocenters. The number of aromatic nitrogens is 4. The predicted octanol–water partition coefficient (Wildman–Crippen LogP) is 3.10. The van der Waals surface area contributed by atoms with E-state index < -0.39 is 11.8 Å². The molecule has 5 heterocycles. The molecule has 1 atom stereocenters. The summed E-state index contributed by atoms with van der Waals surface area (Å²) < 4.78 is 5.22. The number of fused-ring (bicyclic) bond motifs is 1. The molecule has 15 heteroatoms. The van der Waals surface area contributed by atoms with E-state index in [-0.39, 0.29) is 18.0 Å². The second-order valence-corrected chi connectivity index (χ2v) is 12.0. The van der Waals surface area contributed by atoms with Gasteiger partial charge in [-0.3, -0.25) is 0 Å². The highest BCUT2D eigenvalue weighted by atomic mass is 32.1. The number of hydrogen-bond donors (Lipinski definition) is 2. The highest BCUT2D eigenvalue weighted by Crippen LogP contribution is 2.29. The number of amides is 2. The number of anilines is 4. The molecule has 0 aliphatic carbocycles. The number of hydrogen-bond acceptors (Lipinski definition) is 13. The zero-order valence-corrected chi connectivity index (χ0v) is 24.8. The molecule has 2 fully saturated rings. The summed E-state index contributed by atoms with van der Waals surface area (Å²) in [6, 6.07) is 1.79. The van der Waals surface area contributed by atoms with Crippen molar-refractivity contribution in [2.45, 2.75) is 46.3 Å². The molecule has 0 spiro atoms. The average molecular weight is 585 g/mol. The van der Waals surface area contributed by atoms with Gasteiger partial charge >= 0.3 is 12.2 Å². The van der Waals surface area contributed by atoms with Crippen LogP contribution in [0.25, 0.3) is 10.3 Å². The molecule has 2 aliphatic heterocycles. The van der Waals surface area contributed by atoms with Crippen LogP contribution in [0.4, 0.5) is 32.9 Å². The Morgan fingerprint density at radius 1 is 1.10 bits per heavy atom. The van der Waals surface area contributed by atoms with Gasteiger partial charge in [0, 0.05) is 38.8 Å². The summed E-state index contributed by atoms with van der Waals surface area (Å²) in [4.78, 5) is 55.0. The quantitative estimate of drug-likeness (QED) is 0.433. The molecule has 0 saturated carbocycles. The Labute approximate surface area is 242 Å². The molecule has 3 N–H and O–H groups in total. The summed E-state index contributed by atoms with van der Waals surface area (Å²) in [5.74, 6) is 1.72. The number of rotatable bonds is 4. The van der Waals surface area contributed by atoms with Crippen molar-refractivity contribution in [2.24, 2.45) is 0 Å². The topological polar surface area (TPSA) is 155 Å².